The van der Waals surface area contributed by atoms with Crippen molar-refractivity contribution in [2.24, 2.45) is 5.92 Å². The molecule has 2 amide bonds. The summed E-state index contributed by atoms with van der Waals surface area (Å²) in [7, 11) is 0. The van der Waals surface area contributed by atoms with Crippen LogP contribution in [0, 0.1) is 12.8 Å². The Morgan fingerprint density at radius 3 is 2.38 bits per heavy atom. The molecule has 0 unspecified atom stereocenters. The summed E-state index contributed by atoms with van der Waals surface area (Å²) < 4.78 is 0. The highest BCUT2D eigenvalue weighted by Gasteiger charge is 2.26. The molecule has 0 radical (unpaired) electrons. The van der Waals surface area contributed by atoms with E-state index < -0.39 is 0 Å². The summed E-state index contributed by atoms with van der Waals surface area (Å²) in [4.78, 5) is 26.0. The third-order valence-corrected chi connectivity index (χ3v) is 4.00. The average molecular weight is 288 g/mol. The molecule has 1 saturated heterocycles. The Morgan fingerprint density at radius 1 is 1.19 bits per heavy atom. The van der Waals surface area contributed by atoms with E-state index in [1.54, 1.807) is 0 Å². The van der Waals surface area contributed by atoms with Gasteiger partial charge in [0, 0.05) is 31.1 Å². The van der Waals surface area contributed by atoms with Crippen LogP contribution in [0.5, 0.6) is 0 Å². The lowest BCUT2D eigenvalue weighted by Gasteiger charge is -2.31. The van der Waals surface area contributed by atoms with Crippen molar-refractivity contribution in [2.45, 2.75) is 39.5 Å². The molecule has 1 heterocycles. The monoisotopic (exact) mass is 288 g/mol. The lowest BCUT2D eigenvalue weighted by Crippen LogP contribution is -2.41. The van der Waals surface area contributed by atoms with E-state index in [-0.39, 0.29) is 17.7 Å². The van der Waals surface area contributed by atoms with Crippen molar-refractivity contribution in [1.82, 2.24) is 4.90 Å². The standard InChI is InChI=1S/C17H24N2O2/c1-3-4-16(20)19-11-9-14(10-12-19)17(21)18-15-7-5-13(2)6-8-15/h5-8,14H,3-4,9-12H2,1-2H3,(H,18,21). The van der Waals surface area contributed by atoms with E-state index in [9.17, 15) is 9.59 Å². The lowest BCUT2D eigenvalue weighted by atomic mass is 9.95. The van der Waals surface area contributed by atoms with Gasteiger partial charge in [0.1, 0.15) is 0 Å². The first-order valence-electron chi connectivity index (χ1n) is 7.75. The second-order valence-corrected chi connectivity index (χ2v) is 5.76. The summed E-state index contributed by atoms with van der Waals surface area (Å²) >= 11 is 0. The van der Waals surface area contributed by atoms with Crippen LogP contribution in [0.25, 0.3) is 0 Å². The second kappa shape index (κ2) is 7.25. The topological polar surface area (TPSA) is 49.4 Å². The summed E-state index contributed by atoms with van der Waals surface area (Å²) in [6.07, 6.45) is 3.01. The van der Waals surface area contributed by atoms with Gasteiger partial charge in [-0.1, -0.05) is 24.6 Å². The first-order valence-corrected chi connectivity index (χ1v) is 7.75. The zero-order chi connectivity index (χ0) is 15.2. The smallest absolute Gasteiger partial charge is 0.227 e. The van der Waals surface area contributed by atoms with Gasteiger partial charge in [0.25, 0.3) is 0 Å². The van der Waals surface area contributed by atoms with Crippen LogP contribution in [0.2, 0.25) is 0 Å². The Bertz CT molecular complexity index is 488. The first-order chi connectivity index (χ1) is 10.1. The van der Waals surface area contributed by atoms with Gasteiger partial charge in [0.2, 0.25) is 11.8 Å². The van der Waals surface area contributed by atoms with Gasteiger partial charge < -0.3 is 10.2 Å². The van der Waals surface area contributed by atoms with Gasteiger partial charge in [-0.2, -0.15) is 0 Å². The third kappa shape index (κ3) is 4.31. The van der Waals surface area contributed by atoms with Crippen molar-refractivity contribution in [3.63, 3.8) is 0 Å². The van der Waals surface area contributed by atoms with Crippen molar-refractivity contribution in [1.29, 1.82) is 0 Å². The molecule has 0 aliphatic carbocycles. The van der Waals surface area contributed by atoms with Crippen LogP contribution < -0.4 is 5.32 Å². The molecule has 0 saturated carbocycles. The van der Waals surface area contributed by atoms with Gasteiger partial charge in [-0.3, -0.25) is 9.59 Å². The van der Waals surface area contributed by atoms with Gasteiger partial charge in [0.05, 0.1) is 0 Å². The van der Waals surface area contributed by atoms with Gasteiger partial charge in [-0.15, -0.1) is 0 Å². The number of hydrogen-bond donors (Lipinski definition) is 1. The predicted molar refractivity (Wildman–Crippen MR) is 84.0 cm³/mol. The van der Waals surface area contributed by atoms with Crippen LogP contribution in [0.3, 0.4) is 0 Å². The average Bonchev–Trinajstić information content (AvgIpc) is 2.50. The number of likely N-dealkylation sites (tertiary alicyclic amines) is 1. The third-order valence-electron chi connectivity index (χ3n) is 4.00. The minimum atomic E-state index is 0.0111. The number of hydrogen-bond acceptors (Lipinski definition) is 2. The number of benzene rings is 1. The molecule has 1 aromatic rings. The Hall–Kier alpha value is -1.84. The van der Waals surface area contributed by atoms with E-state index in [1.807, 2.05) is 43.0 Å². The van der Waals surface area contributed by atoms with E-state index in [1.165, 1.54) is 5.56 Å². The van der Waals surface area contributed by atoms with E-state index in [0.717, 1.165) is 24.9 Å². The molecule has 0 aromatic heterocycles. The predicted octanol–water partition coefficient (Wildman–Crippen LogP) is 2.97. The number of piperidine rings is 1. The summed E-state index contributed by atoms with van der Waals surface area (Å²) in [5.41, 5.74) is 2.02. The fraction of sp³-hybridized carbons (Fsp3) is 0.529. The maximum atomic E-state index is 12.2. The molecule has 114 valence electrons. The van der Waals surface area contributed by atoms with Gasteiger partial charge in [-0.05, 0) is 38.3 Å². The maximum Gasteiger partial charge on any atom is 0.227 e. The lowest BCUT2D eigenvalue weighted by molar-refractivity contribution is -0.134. The fourth-order valence-electron chi connectivity index (χ4n) is 2.64. The number of carbonyl (C=O) groups is 2. The maximum absolute atomic E-state index is 12.2. The van der Waals surface area contributed by atoms with E-state index in [2.05, 4.69) is 5.32 Å². The SMILES string of the molecule is CCCC(=O)N1CCC(C(=O)Nc2ccc(C)cc2)CC1. The molecule has 0 spiro atoms. The largest absolute Gasteiger partial charge is 0.343 e. The molecule has 1 fully saturated rings. The zero-order valence-corrected chi connectivity index (χ0v) is 12.9. The molecule has 0 atom stereocenters. The number of carbonyl (C=O) groups excluding carboxylic acids is 2. The van der Waals surface area contributed by atoms with Crippen LogP contribution in [0.15, 0.2) is 24.3 Å². The normalized spacial score (nSPS) is 15.8. The molecule has 1 aromatic carbocycles. The Kier molecular flexibility index (Phi) is 5.37. The summed E-state index contributed by atoms with van der Waals surface area (Å²) in [5, 5.41) is 2.97. The van der Waals surface area contributed by atoms with Crippen molar-refractivity contribution >= 4 is 17.5 Å². The van der Waals surface area contributed by atoms with Gasteiger partial charge >= 0.3 is 0 Å². The summed E-state index contributed by atoms with van der Waals surface area (Å²) in [6, 6.07) is 7.82. The molecule has 21 heavy (non-hydrogen) atoms. The van der Waals surface area contributed by atoms with Gasteiger partial charge in [0.15, 0.2) is 0 Å². The second-order valence-electron chi connectivity index (χ2n) is 5.76. The van der Waals surface area contributed by atoms with Crippen LogP contribution in [0.4, 0.5) is 5.69 Å². The van der Waals surface area contributed by atoms with Crippen LogP contribution in [-0.4, -0.2) is 29.8 Å². The van der Waals surface area contributed by atoms with Gasteiger partial charge in [-0.25, -0.2) is 0 Å². The Labute approximate surface area is 126 Å². The first kappa shape index (κ1) is 15.5. The molecule has 2 rings (SSSR count). The van der Waals surface area contributed by atoms with E-state index in [0.29, 0.717) is 19.5 Å². The fourth-order valence-corrected chi connectivity index (χ4v) is 2.64. The zero-order valence-electron chi connectivity index (χ0n) is 12.9. The molecule has 4 nitrogen and oxygen atoms in total. The van der Waals surface area contributed by atoms with Crippen LogP contribution >= 0.6 is 0 Å². The Balaban J connectivity index is 1.83. The minimum Gasteiger partial charge on any atom is -0.343 e. The molecular formula is C17H24N2O2. The van der Waals surface area contributed by atoms with Crippen LogP contribution in [-0.2, 0) is 9.59 Å². The molecule has 4 heteroatoms. The van der Waals surface area contributed by atoms with Crippen molar-refractivity contribution in [2.75, 3.05) is 18.4 Å². The number of nitrogens with zero attached hydrogens (tertiary/aromatic N) is 1. The van der Waals surface area contributed by atoms with Crippen molar-refractivity contribution < 1.29 is 9.59 Å². The minimum absolute atomic E-state index is 0.0111. The molecular weight excluding hydrogens is 264 g/mol. The number of amides is 2. The van der Waals surface area contributed by atoms with E-state index in [4.69, 9.17) is 0 Å². The summed E-state index contributed by atoms with van der Waals surface area (Å²) in [5.74, 6) is 0.299. The number of anilines is 1. The van der Waals surface area contributed by atoms with Crippen molar-refractivity contribution in [3.8, 4) is 0 Å². The van der Waals surface area contributed by atoms with E-state index >= 15 is 0 Å². The van der Waals surface area contributed by atoms with Crippen molar-refractivity contribution in [3.05, 3.63) is 29.8 Å². The highest BCUT2D eigenvalue weighted by atomic mass is 16.2. The molecule has 1 N–H and O–H groups in total. The molecule has 1 aliphatic heterocycles. The Morgan fingerprint density at radius 2 is 1.81 bits per heavy atom. The number of rotatable bonds is 4. The molecule has 0 bridgehead atoms. The van der Waals surface area contributed by atoms with Crippen LogP contribution in [0.1, 0.15) is 38.2 Å². The quantitative estimate of drug-likeness (QED) is 0.926. The highest BCUT2D eigenvalue weighted by molar-refractivity contribution is 5.92. The number of aryl methyl sites for hydroxylation is 1. The summed E-state index contributed by atoms with van der Waals surface area (Å²) in [6.45, 7) is 5.43. The highest BCUT2D eigenvalue weighted by Crippen LogP contribution is 2.20. The molecule has 1 aliphatic rings. The number of nitrogens with one attached hydrogen (secondary N) is 1.